The van der Waals surface area contributed by atoms with Crippen molar-refractivity contribution in [1.29, 1.82) is 0 Å². The standard InChI is InChI=1S/C18H16N2O4S2/c19-17(22)23-10-4-9-20-16(21)15(26-18(20)25)11-13-7-8-14(24-13)12-5-2-1-3-6-12/h1-3,5-8,11H,4,9-10H2,(H2,19,22)/b15-11+. The number of carbonyl (C=O) groups excluding carboxylic acids is 2. The molecule has 0 radical (unpaired) electrons. The summed E-state index contributed by atoms with van der Waals surface area (Å²) in [5.41, 5.74) is 5.87. The highest BCUT2D eigenvalue weighted by molar-refractivity contribution is 8.26. The number of primary amides is 1. The van der Waals surface area contributed by atoms with E-state index in [-0.39, 0.29) is 12.5 Å². The molecule has 3 rings (SSSR count). The fraction of sp³-hybridized carbons (Fsp3) is 0.167. The van der Waals surface area contributed by atoms with Crippen LogP contribution in [0.4, 0.5) is 4.79 Å². The van der Waals surface area contributed by atoms with Crippen molar-refractivity contribution in [3.63, 3.8) is 0 Å². The lowest BCUT2D eigenvalue weighted by molar-refractivity contribution is -0.122. The van der Waals surface area contributed by atoms with Gasteiger partial charge in [-0.05, 0) is 18.6 Å². The molecule has 6 nitrogen and oxygen atoms in total. The maximum Gasteiger partial charge on any atom is 0.404 e. The van der Waals surface area contributed by atoms with Gasteiger partial charge in [-0.15, -0.1) is 0 Å². The van der Waals surface area contributed by atoms with Gasteiger partial charge in [-0.1, -0.05) is 54.3 Å². The molecule has 0 saturated carbocycles. The number of hydrogen-bond donors (Lipinski definition) is 1. The Hall–Kier alpha value is -2.58. The maximum absolute atomic E-state index is 12.5. The zero-order valence-electron chi connectivity index (χ0n) is 13.7. The lowest BCUT2D eigenvalue weighted by Gasteiger charge is -2.13. The SMILES string of the molecule is NC(=O)OCCCN1C(=O)/C(=C\c2ccc(-c3ccccc3)o2)SC1=S. The Kier molecular flexibility index (Phi) is 5.75. The predicted octanol–water partition coefficient (Wildman–Crippen LogP) is 3.63. The zero-order valence-corrected chi connectivity index (χ0v) is 15.3. The first-order chi connectivity index (χ1) is 12.5. The highest BCUT2D eigenvalue weighted by atomic mass is 32.2. The van der Waals surface area contributed by atoms with E-state index in [1.807, 2.05) is 42.5 Å². The van der Waals surface area contributed by atoms with Gasteiger partial charge < -0.3 is 14.9 Å². The van der Waals surface area contributed by atoms with Crippen LogP contribution in [0.1, 0.15) is 12.2 Å². The summed E-state index contributed by atoms with van der Waals surface area (Å²) in [5.74, 6) is 1.13. The van der Waals surface area contributed by atoms with Crippen molar-refractivity contribution >= 4 is 46.4 Å². The second-order valence-corrected chi connectivity index (χ2v) is 7.10. The van der Waals surface area contributed by atoms with Gasteiger partial charge in [0.25, 0.3) is 5.91 Å². The zero-order chi connectivity index (χ0) is 18.5. The van der Waals surface area contributed by atoms with Crippen molar-refractivity contribution in [2.45, 2.75) is 6.42 Å². The van der Waals surface area contributed by atoms with Crippen LogP contribution in [0.25, 0.3) is 17.4 Å². The van der Waals surface area contributed by atoms with Crippen molar-refractivity contribution in [2.24, 2.45) is 5.73 Å². The monoisotopic (exact) mass is 388 g/mol. The lowest BCUT2D eigenvalue weighted by Crippen LogP contribution is -2.30. The highest BCUT2D eigenvalue weighted by Gasteiger charge is 2.31. The number of thioether (sulfide) groups is 1. The first-order valence-corrected chi connectivity index (χ1v) is 9.10. The van der Waals surface area contributed by atoms with Gasteiger partial charge in [0.2, 0.25) is 0 Å². The number of amides is 2. The fourth-order valence-corrected chi connectivity index (χ4v) is 3.69. The first kappa shape index (κ1) is 18.2. The number of carbonyl (C=O) groups is 2. The predicted molar refractivity (Wildman–Crippen MR) is 104 cm³/mol. The lowest BCUT2D eigenvalue weighted by atomic mass is 10.2. The first-order valence-electron chi connectivity index (χ1n) is 7.87. The van der Waals surface area contributed by atoms with E-state index in [0.29, 0.717) is 28.0 Å². The Morgan fingerprint density at radius 3 is 2.77 bits per heavy atom. The summed E-state index contributed by atoms with van der Waals surface area (Å²) in [6.45, 7) is 0.507. The van der Waals surface area contributed by atoms with E-state index in [9.17, 15) is 9.59 Å². The molecule has 0 atom stereocenters. The summed E-state index contributed by atoms with van der Waals surface area (Å²) >= 11 is 6.48. The van der Waals surface area contributed by atoms with Crippen molar-refractivity contribution in [1.82, 2.24) is 4.90 Å². The molecule has 8 heteroatoms. The number of thiocarbonyl (C=S) groups is 1. The number of ether oxygens (including phenoxy) is 1. The fourth-order valence-electron chi connectivity index (χ4n) is 2.41. The van der Waals surface area contributed by atoms with Crippen LogP contribution in [0, 0.1) is 0 Å². The van der Waals surface area contributed by atoms with Crippen LogP contribution in [-0.2, 0) is 9.53 Å². The van der Waals surface area contributed by atoms with E-state index in [1.54, 1.807) is 6.08 Å². The minimum absolute atomic E-state index is 0.143. The van der Waals surface area contributed by atoms with Crippen molar-refractivity contribution in [3.05, 3.63) is 53.1 Å². The van der Waals surface area contributed by atoms with Crippen molar-refractivity contribution in [2.75, 3.05) is 13.2 Å². The van der Waals surface area contributed by atoms with Crippen LogP contribution in [-0.4, -0.2) is 34.4 Å². The normalized spacial score (nSPS) is 15.7. The molecule has 2 N–H and O–H groups in total. The highest BCUT2D eigenvalue weighted by Crippen LogP contribution is 2.33. The average molecular weight is 388 g/mol. The number of furan rings is 1. The van der Waals surface area contributed by atoms with Gasteiger partial charge in [-0.25, -0.2) is 4.79 Å². The molecule has 1 aromatic carbocycles. The third-order valence-corrected chi connectivity index (χ3v) is 4.98. The van der Waals surface area contributed by atoms with Crippen molar-refractivity contribution in [3.8, 4) is 11.3 Å². The van der Waals surface area contributed by atoms with Gasteiger partial charge in [0.15, 0.2) is 0 Å². The van der Waals surface area contributed by atoms with Crippen LogP contribution in [0.15, 0.2) is 51.8 Å². The maximum atomic E-state index is 12.5. The molecule has 1 aliphatic rings. The van der Waals surface area contributed by atoms with Gasteiger partial charge in [0.1, 0.15) is 15.8 Å². The van der Waals surface area contributed by atoms with Gasteiger partial charge >= 0.3 is 6.09 Å². The van der Waals surface area contributed by atoms with E-state index in [1.165, 1.54) is 16.7 Å². The molecule has 134 valence electrons. The van der Waals surface area contributed by atoms with Crippen LogP contribution in [0.3, 0.4) is 0 Å². The molecule has 0 aliphatic carbocycles. The summed E-state index contributed by atoms with van der Waals surface area (Å²) in [6.07, 6.45) is 1.31. The van der Waals surface area contributed by atoms with Gasteiger partial charge in [0, 0.05) is 18.2 Å². The third-order valence-electron chi connectivity index (χ3n) is 3.60. The molecule has 1 fully saturated rings. The molecule has 0 unspecified atom stereocenters. The Morgan fingerprint density at radius 1 is 1.27 bits per heavy atom. The molecule has 1 aromatic heterocycles. The van der Waals surface area contributed by atoms with E-state index in [2.05, 4.69) is 4.74 Å². The molecule has 2 amide bonds. The second-order valence-electron chi connectivity index (χ2n) is 5.42. The Balaban J connectivity index is 1.66. The van der Waals surface area contributed by atoms with Crippen molar-refractivity contribution < 1.29 is 18.7 Å². The number of hydrogen-bond acceptors (Lipinski definition) is 6. The molecular formula is C18H16N2O4S2. The van der Waals surface area contributed by atoms with Crippen LogP contribution >= 0.6 is 24.0 Å². The Bertz CT molecular complexity index is 861. The quantitative estimate of drug-likeness (QED) is 0.462. The smallest absolute Gasteiger partial charge is 0.404 e. The number of nitrogens with two attached hydrogens (primary N) is 1. The number of rotatable bonds is 6. The number of benzene rings is 1. The molecular weight excluding hydrogens is 372 g/mol. The molecule has 2 heterocycles. The molecule has 2 aromatic rings. The largest absolute Gasteiger partial charge is 0.457 e. The summed E-state index contributed by atoms with van der Waals surface area (Å²) in [7, 11) is 0. The van der Waals surface area contributed by atoms with Gasteiger partial charge in [-0.3, -0.25) is 9.69 Å². The Labute approximate surface area is 160 Å². The van der Waals surface area contributed by atoms with E-state index < -0.39 is 6.09 Å². The van der Waals surface area contributed by atoms with Crippen LogP contribution < -0.4 is 5.73 Å². The average Bonchev–Trinajstić information content (AvgIpc) is 3.19. The summed E-state index contributed by atoms with van der Waals surface area (Å²) in [4.78, 5) is 25.0. The van der Waals surface area contributed by atoms with E-state index >= 15 is 0 Å². The molecule has 1 aliphatic heterocycles. The topological polar surface area (TPSA) is 85.8 Å². The minimum Gasteiger partial charge on any atom is -0.457 e. The molecule has 1 saturated heterocycles. The number of nitrogens with zero attached hydrogens (tertiary/aromatic N) is 1. The third kappa shape index (κ3) is 4.33. The summed E-state index contributed by atoms with van der Waals surface area (Å²) in [5, 5.41) is 0. The summed E-state index contributed by atoms with van der Waals surface area (Å²) < 4.78 is 10.9. The van der Waals surface area contributed by atoms with E-state index in [0.717, 1.165) is 11.3 Å². The molecule has 26 heavy (non-hydrogen) atoms. The molecule has 0 bridgehead atoms. The summed E-state index contributed by atoms with van der Waals surface area (Å²) in [6, 6.07) is 13.4. The van der Waals surface area contributed by atoms with Crippen LogP contribution in [0.2, 0.25) is 0 Å². The van der Waals surface area contributed by atoms with Gasteiger partial charge in [-0.2, -0.15) is 0 Å². The second kappa shape index (κ2) is 8.20. The molecule has 0 spiro atoms. The van der Waals surface area contributed by atoms with Crippen LogP contribution in [0.5, 0.6) is 0 Å². The van der Waals surface area contributed by atoms with E-state index in [4.69, 9.17) is 22.4 Å². The Morgan fingerprint density at radius 2 is 2.04 bits per heavy atom. The van der Waals surface area contributed by atoms with Gasteiger partial charge in [0.05, 0.1) is 11.5 Å². The minimum atomic E-state index is -0.831.